The minimum Gasteiger partial charge on any atom is -0.327 e. The van der Waals surface area contributed by atoms with Gasteiger partial charge in [0.15, 0.2) is 0 Å². The average Bonchev–Trinajstić information content (AvgIpc) is 3.03. The van der Waals surface area contributed by atoms with Crippen LogP contribution in [0.1, 0.15) is 57.8 Å². The zero-order valence-corrected chi connectivity index (χ0v) is 17.2. The van der Waals surface area contributed by atoms with Gasteiger partial charge in [-0.15, -0.1) is 0 Å². The molecule has 1 heterocycles. The molecule has 0 amide bonds. The van der Waals surface area contributed by atoms with Gasteiger partial charge in [0, 0.05) is 25.7 Å². The molecule has 0 unspecified atom stereocenters. The Kier molecular flexibility index (Phi) is 9.36. The van der Waals surface area contributed by atoms with Crippen molar-refractivity contribution >= 4 is 11.0 Å². The molecular formula is C22H36N4O. The van der Waals surface area contributed by atoms with E-state index in [1.165, 1.54) is 42.6 Å². The van der Waals surface area contributed by atoms with Gasteiger partial charge in [0.25, 0.3) is 0 Å². The first kappa shape index (κ1) is 21.5. The lowest BCUT2D eigenvalue weighted by Crippen LogP contribution is -2.27. The Balaban J connectivity index is 2.22. The molecule has 0 radical (unpaired) electrons. The molecule has 1 aromatic heterocycles. The van der Waals surface area contributed by atoms with E-state index in [1.54, 1.807) is 6.20 Å². The molecule has 1 aromatic carbocycles. The molecule has 0 aliphatic carbocycles. The van der Waals surface area contributed by atoms with E-state index in [-0.39, 0.29) is 0 Å². The summed E-state index contributed by atoms with van der Waals surface area (Å²) < 4.78 is 2.43. The number of benzene rings is 1. The predicted octanol–water partition coefficient (Wildman–Crippen LogP) is 4.54. The van der Waals surface area contributed by atoms with Crippen LogP contribution in [0.4, 0.5) is 0 Å². The number of hydrogen-bond acceptors (Lipinski definition) is 4. The maximum Gasteiger partial charge on any atom is 0.109 e. The van der Waals surface area contributed by atoms with Crippen molar-refractivity contribution in [2.45, 2.75) is 65.8 Å². The van der Waals surface area contributed by atoms with Crippen LogP contribution in [0.2, 0.25) is 0 Å². The van der Waals surface area contributed by atoms with Gasteiger partial charge in [-0.05, 0) is 43.6 Å². The van der Waals surface area contributed by atoms with E-state index in [1.807, 2.05) is 6.08 Å². The van der Waals surface area contributed by atoms with Gasteiger partial charge in [-0.3, -0.25) is 10.7 Å². The normalized spacial score (nSPS) is 11.9. The summed E-state index contributed by atoms with van der Waals surface area (Å²) in [5.74, 6) is 1.22. The summed E-state index contributed by atoms with van der Waals surface area (Å²) in [5, 5.41) is 8.66. The number of rotatable bonds is 13. The Morgan fingerprint density at radius 2 is 1.96 bits per heavy atom. The maximum absolute atomic E-state index is 8.66. The fourth-order valence-corrected chi connectivity index (χ4v) is 3.53. The van der Waals surface area contributed by atoms with Crippen molar-refractivity contribution in [1.29, 1.82) is 0 Å². The second kappa shape index (κ2) is 11.8. The zero-order chi connectivity index (χ0) is 19.5. The smallest absolute Gasteiger partial charge is 0.109 e. The topological polar surface area (TPSA) is 53.3 Å². The molecule has 0 aliphatic rings. The molecule has 27 heavy (non-hydrogen) atoms. The Morgan fingerprint density at radius 3 is 2.67 bits per heavy atom. The van der Waals surface area contributed by atoms with E-state index in [0.717, 1.165) is 44.5 Å². The predicted molar refractivity (Wildman–Crippen MR) is 113 cm³/mol. The van der Waals surface area contributed by atoms with Crippen molar-refractivity contribution in [1.82, 2.24) is 19.9 Å². The summed E-state index contributed by atoms with van der Waals surface area (Å²) in [4.78, 5) is 7.45. The largest absolute Gasteiger partial charge is 0.327 e. The Hall–Kier alpha value is -1.85. The summed E-state index contributed by atoms with van der Waals surface area (Å²) in [6.07, 6.45) is 10.3. The molecule has 5 heteroatoms. The van der Waals surface area contributed by atoms with E-state index >= 15 is 0 Å². The molecule has 0 saturated carbocycles. The Labute approximate surface area is 164 Å². The summed E-state index contributed by atoms with van der Waals surface area (Å²) in [6.45, 7) is 10.9. The molecule has 2 rings (SSSR count). The van der Waals surface area contributed by atoms with Crippen LogP contribution >= 0.6 is 0 Å². The number of nitrogens with zero attached hydrogens (tertiary/aromatic N) is 3. The molecule has 2 N–H and O–H groups in total. The summed E-state index contributed by atoms with van der Waals surface area (Å²) in [6, 6.07) is 6.55. The van der Waals surface area contributed by atoms with Crippen molar-refractivity contribution in [3.63, 3.8) is 0 Å². The van der Waals surface area contributed by atoms with Crippen LogP contribution in [0.3, 0.4) is 0 Å². The average molecular weight is 373 g/mol. The quantitative estimate of drug-likeness (QED) is 0.400. The monoisotopic (exact) mass is 372 g/mol. The number of fused-ring (bicyclic) bond motifs is 1. The lowest BCUT2D eigenvalue weighted by molar-refractivity contribution is 0.214. The number of likely N-dealkylation sites (N-methyl/N-ethyl adjacent to an activating group) is 1. The highest BCUT2D eigenvalue weighted by molar-refractivity contribution is 5.77. The highest BCUT2D eigenvalue weighted by atomic mass is 16.5. The van der Waals surface area contributed by atoms with Gasteiger partial charge in [-0.2, -0.15) is 0 Å². The van der Waals surface area contributed by atoms with Crippen LogP contribution < -0.4 is 5.48 Å². The molecule has 0 spiro atoms. The van der Waals surface area contributed by atoms with Crippen molar-refractivity contribution < 1.29 is 5.21 Å². The fourth-order valence-electron chi connectivity index (χ4n) is 3.53. The van der Waals surface area contributed by atoms with Crippen molar-refractivity contribution in [3.05, 3.63) is 41.9 Å². The van der Waals surface area contributed by atoms with E-state index < -0.39 is 0 Å². The third kappa shape index (κ3) is 6.36. The van der Waals surface area contributed by atoms with Crippen LogP contribution in [0.5, 0.6) is 0 Å². The van der Waals surface area contributed by atoms with Crippen molar-refractivity contribution in [2.75, 3.05) is 19.6 Å². The minimum atomic E-state index is 0.779. The number of aryl methyl sites for hydroxylation is 1. The minimum absolute atomic E-state index is 0.779. The van der Waals surface area contributed by atoms with Crippen LogP contribution in [0.25, 0.3) is 11.0 Å². The fraction of sp³-hybridized carbons (Fsp3) is 0.591. The summed E-state index contributed by atoms with van der Waals surface area (Å²) >= 11 is 0. The third-order valence-electron chi connectivity index (χ3n) is 5.23. The maximum atomic E-state index is 8.66. The molecular weight excluding hydrogens is 336 g/mol. The van der Waals surface area contributed by atoms with E-state index in [9.17, 15) is 0 Å². The highest BCUT2D eigenvalue weighted by Gasteiger charge is 2.12. The van der Waals surface area contributed by atoms with Gasteiger partial charge < -0.3 is 9.47 Å². The molecule has 0 fully saturated rings. The Bertz CT molecular complexity index is 704. The number of hydroxylamine groups is 1. The first-order valence-electron chi connectivity index (χ1n) is 10.5. The van der Waals surface area contributed by atoms with E-state index in [0.29, 0.717) is 0 Å². The summed E-state index contributed by atoms with van der Waals surface area (Å²) in [7, 11) is 0. The van der Waals surface area contributed by atoms with Crippen LogP contribution in [-0.2, 0) is 19.4 Å². The lowest BCUT2D eigenvalue weighted by Gasteiger charge is -2.19. The van der Waals surface area contributed by atoms with E-state index in [2.05, 4.69) is 53.9 Å². The summed E-state index contributed by atoms with van der Waals surface area (Å²) in [5.41, 5.74) is 5.59. The SMILES string of the molecule is CCCCCCc1nc2cc(C/C=C/NO)ccc2n1CCN(CC)CC. The molecule has 0 aliphatic heterocycles. The van der Waals surface area contributed by atoms with Gasteiger partial charge in [-0.1, -0.05) is 52.2 Å². The van der Waals surface area contributed by atoms with Gasteiger partial charge in [-0.25, -0.2) is 4.98 Å². The molecule has 0 bridgehead atoms. The first-order valence-corrected chi connectivity index (χ1v) is 10.5. The molecule has 150 valence electrons. The molecule has 2 aromatic rings. The van der Waals surface area contributed by atoms with Crippen molar-refractivity contribution in [3.8, 4) is 0 Å². The van der Waals surface area contributed by atoms with Gasteiger partial charge in [0.05, 0.1) is 11.0 Å². The standard InChI is InChI=1S/C22H36N4O/c1-4-7-8-9-12-22-24-20-18-19(11-10-15-23-27)13-14-21(20)26(22)17-16-25(5-2)6-3/h10,13-15,18,23,27H,4-9,11-12,16-17H2,1-3H3/b15-10+. The molecule has 5 nitrogen and oxygen atoms in total. The third-order valence-corrected chi connectivity index (χ3v) is 5.23. The first-order chi connectivity index (χ1) is 13.2. The molecule has 0 atom stereocenters. The lowest BCUT2D eigenvalue weighted by atomic mass is 10.1. The number of allylic oxidation sites excluding steroid dienone is 1. The number of aromatic nitrogens is 2. The van der Waals surface area contributed by atoms with Crippen molar-refractivity contribution in [2.24, 2.45) is 0 Å². The number of unbranched alkanes of at least 4 members (excludes halogenated alkanes) is 3. The van der Waals surface area contributed by atoms with Crippen LogP contribution in [0.15, 0.2) is 30.5 Å². The van der Waals surface area contributed by atoms with E-state index in [4.69, 9.17) is 10.2 Å². The molecule has 0 saturated heterocycles. The second-order valence-corrected chi connectivity index (χ2v) is 7.08. The highest BCUT2D eigenvalue weighted by Crippen LogP contribution is 2.20. The van der Waals surface area contributed by atoms with Gasteiger partial charge >= 0.3 is 0 Å². The van der Waals surface area contributed by atoms with Crippen LogP contribution in [-0.4, -0.2) is 39.3 Å². The number of imidazole rings is 1. The van der Waals surface area contributed by atoms with Gasteiger partial charge in [0.1, 0.15) is 5.82 Å². The number of hydrogen-bond donors (Lipinski definition) is 2. The second-order valence-electron chi connectivity index (χ2n) is 7.08. The number of nitrogens with one attached hydrogen (secondary N) is 1. The van der Waals surface area contributed by atoms with Crippen LogP contribution in [0, 0.1) is 0 Å². The zero-order valence-electron chi connectivity index (χ0n) is 17.2. The Morgan fingerprint density at radius 1 is 1.15 bits per heavy atom. The van der Waals surface area contributed by atoms with Gasteiger partial charge in [0.2, 0.25) is 0 Å².